The van der Waals surface area contributed by atoms with Crippen molar-refractivity contribution in [3.8, 4) is 0 Å². The van der Waals surface area contributed by atoms with E-state index in [2.05, 4.69) is 5.10 Å². The van der Waals surface area contributed by atoms with E-state index in [-0.39, 0.29) is 16.9 Å². The molecule has 0 spiro atoms. The van der Waals surface area contributed by atoms with Gasteiger partial charge in [0.1, 0.15) is 0 Å². The number of alkyl halides is 2. The summed E-state index contributed by atoms with van der Waals surface area (Å²) in [6, 6.07) is 2.59. The van der Waals surface area contributed by atoms with Crippen molar-refractivity contribution in [2.24, 2.45) is 0 Å². The van der Waals surface area contributed by atoms with Gasteiger partial charge in [-0.2, -0.15) is 5.10 Å². The van der Waals surface area contributed by atoms with E-state index in [1.54, 1.807) is 13.8 Å². The number of fused-ring (bicyclic) bond motifs is 1. The number of carboxylic acid groups (broad SMARTS) is 1. The lowest BCUT2D eigenvalue weighted by molar-refractivity contribution is -0.140. The van der Waals surface area contributed by atoms with Crippen molar-refractivity contribution in [3.63, 3.8) is 0 Å². The molecule has 0 radical (unpaired) electrons. The van der Waals surface area contributed by atoms with Gasteiger partial charge >= 0.3 is 5.97 Å². The van der Waals surface area contributed by atoms with Crippen LogP contribution in [0.15, 0.2) is 23.0 Å². The van der Waals surface area contributed by atoms with Gasteiger partial charge in [0, 0.05) is 10.9 Å². The third-order valence-corrected chi connectivity index (χ3v) is 3.50. The number of hydrogen-bond donors (Lipinski definition) is 1. The quantitative estimate of drug-likeness (QED) is 0.942. The Hall–Kier alpha value is -2.31. The maximum Gasteiger partial charge on any atom is 0.328 e. The molecule has 1 N–H and O–H groups in total. The first-order chi connectivity index (χ1) is 10.2. The molecule has 2 aromatic rings. The smallest absolute Gasteiger partial charge is 0.328 e. The SMILES string of the molecule is CC(C)c1nn(C(C)C(=O)O)c(=O)c2ccc(C(F)F)cc12. The standard InChI is InChI=1S/C15H16F2N2O3/c1-7(2)12-11-6-9(13(16)17)4-5-10(11)14(20)19(18-12)8(3)15(21)22/h4-8,13H,1-3H3,(H,21,22). The highest BCUT2D eigenvalue weighted by Gasteiger charge is 2.21. The van der Waals surface area contributed by atoms with Crippen LogP contribution >= 0.6 is 0 Å². The van der Waals surface area contributed by atoms with E-state index in [1.165, 1.54) is 25.1 Å². The van der Waals surface area contributed by atoms with E-state index >= 15 is 0 Å². The average Bonchev–Trinajstić information content (AvgIpc) is 2.46. The molecule has 0 saturated heterocycles. The summed E-state index contributed by atoms with van der Waals surface area (Å²) in [6.07, 6.45) is -2.65. The van der Waals surface area contributed by atoms with Crippen LogP contribution < -0.4 is 5.56 Å². The van der Waals surface area contributed by atoms with Gasteiger partial charge in [0.2, 0.25) is 0 Å². The molecule has 7 heteroatoms. The van der Waals surface area contributed by atoms with E-state index < -0.39 is 24.0 Å². The van der Waals surface area contributed by atoms with Crippen LogP contribution in [0.25, 0.3) is 10.8 Å². The van der Waals surface area contributed by atoms with E-state index in [1.807, 2.05) is 0 Å². The molecule has 1 unspecified atom stereocenters. The normalized spacial score (nSPS) is 13.0. The number of benzene rings is 1. The van der Waals surface area contributed by atoms with Crippen molar-refractivity contribution in [1.82, 2.24) is 9.78 Å². The summed E-state index contributed by atoms with van der Waals surface area (Å²) in [5.41, 5.74) is -0.375. The molecule has 0 aliphatic carbocycles. The summed E-state index contributed by atoms with van der Waals surface area (Å²) in [6.45, 7) is 4.95. The predicted octanol–water partition coefficient (Wildman–Crippen LogP) is 3.10. The summed E-state index contributed by atoms with van der Waals surface area (Å²) >= 11 is 0. The fourth-order valence-corrected chi connectivity index (χ4v) is 2.23. The number of aromatic nitrogens is 2. The Morgan fingerprint density at radius 3 is 2.36 bits per heavy atom. The second kappa shape index (κ2) is 5.82. The highest BCUT2D eigenvalue weighted by molar-refractivity contribution is 5.85. The molecule has 0 saturated carbocycles. The third-order valence-electron chi connectivity index (χ3n) is 3.50. The van der Waals surface area contributed by atoms with Gasteiger partial charge < -0.3 is 5.11 Å². The van der Waals surface area contributed by atoms with Gasteiger partial charge in [-0.25, -0.2) is 18.3 Å². The van der Waals surface area contributed by atoms with Crippen LogP contribution in [0.3, 0.4) is 0 Å². The Morgan fingerprint density at radius 1 is 1.23 bits per heavy atom. The second-order valence-electron chi connectivity index (χ2n) is 5.41. The van der Waals surface area contributed by atoms with Gasteiger partial charge in [0.25, 0.3) is 12.0 Å². The summed E-state index contributed by atoms with van der Waals surface area (Å²) in [7, 11) is 0. The molecule has 1 aromatic carbocycles. The zero-order valence-electron chi connectivity index (χ0n) is 12.4. The number of nitrogens with zero attached hydrogens (tertiary/aromatic N) is 2. The first-order valence-electron chi connectivity index (χ1n) is 6.81. The minimum atomic E-state index is -2.65. The van der Waals surface area contributed by atoms with Crippen molar-refractivity contribution in [2.75, 3.05) is 0 Å². The lowest BCUT2D eigenvalue weighted by Crippen LogP contribution is -2.31. The fourth-order valence-electron chi connectivity index (χ4n) is 2.23. The molecule has 5 nitrogen and oxygen atoms in total. The molecule has 1 heterocycles. The number of aliphatic carboxylic acids is 1. The lowest BCUT2D eigenvalue weighted by Gasteiger charge is -2.16. The summed E-state index contributed by atoms with van der Waals surface area (Å²) in [5, 5.41) is 13.7. The zero-order valence-corrected chi connectivity index (χ0v) is 12.4. The monoisotopic (exact) mass is 310 g/mol. The van der Waals surface area contributed by atoms with Crippen LogP contribution in [-0.2, 0) is 4.79 Å². The molecule has 2 rings (SSSR count). The number of rotatable bonds is 4. The lowest BCUT2D eigenvalue weighted by atomic mass is 10.0. The summed E-state index contributed by atoms with van der Waals surface area (Å²) in [4.78, 5) is 23.5. The van der Waals surface area contributed by atoms with Gasteiger partial charge in [0.15, 0.2) is 6.04 Å². The average molecular weight is 310 g/mol. The maximum absolute atomic E-state index is 12.9. The highest BCUT2D eigenvalue weighted by Crippen LogP contribution is 2.27. The van der Waals surface area contributed by atoms with Crippen molar-refractivity contribution in [2.45, 2.75) is 39.2 Å². The van der Waals surface area contributed by atoms with Crippen molar-refractivity contribution >= 4 is 16.7 Å². The first-order valence-corrected chi connectivity index (χ1v) is 6.81. The molecule has 118 valence electrons. The largest absolute Gasteiger partial charge is 0.480 e. The number of carboxylic acids is 1. The Kier molecular flexibility index (Phi) is 4.25. The molecule has 1 atom stereocenters. The maximum atomic E-state index is 12.9. The topological polar surface area (TPSA) is 72.2 Å². The van der Waals surface area contributed by atoms with Gasteiger partial charge in [0.05, 0.1) is 11.1 Å². The predicted molar refractivity (Wildman–Crippen MR) is 77.4 cm³/mol. The summed E-state index contributed by atoms with van der Waals surface area (Å²) < 4.78 is 26.6. The first kappa shape index (κ1) is 16.1. The van der Waals surface area contributed by atoms with Crippen LogP contribution in [0.5, 0.6) is 0 Å². The van der Waals surface area contributed by atoms with Crippen LogP contribution in [0, 0.1) is 0 Å². The molecule has 0 aliphatic heterocycles. The van der Waals surface area contributed by atoms with Crippen LogP contribution in [0.4, 0.5) is 8.78 Å². The number of hydrogen-bond acceptors (Lipinski definition) is 3. The van der Waals surface area contributed by atoms with E-state index in [9.17, 15) is 18.4 Å². The van der Waals surface area contributed by atoms with Gasteiger partial charge in [-0.1, -0.05) is 19.9 Å². The van der Waals surface area contributed by atoms with E-state index in [0.717, 1.165) is 4.68 Å². The molecule has 1 aromatic heterocycles. The Balaban J connectivity index is 2.84. The number of carbonyl (C=O) groups is 1. The minimum absolute atomic E-state index is 0.150. The van der Waals surface area contributed by atoms with Gasteiger partial charge in [-0.05, 0) is 25.0 Å². The van der Waals surface area contributed by atoms with Crippen molar-refractivity contribution in [1.29, 1.82) is 0 Å². The van der Waals surface area contributed by atoms with Crippen LogP contribution in [0.2, 0.25) is 0 Å². The van der Waals surface area contributed by atoms with Crippen molar-refractivity contribution < 1.29 is 18.7 Å². The molecule has 0 aliphatic rings. The second-order valence-corrected chi connectivity index (χ2v) is 5.41. The molecular formula is C15H16F2N2O3. The molecular weight excluding hydrogens is 294 g/mol. The summed E-state index contributed by atoms with van der Waals surface area (Å²) in [5.74, 6) is -1.34. The Labute approximate surface area is 125 Å². The molecule has 22 heavy (non-hydrogen) atoms. The van der Waals surface area contributed by atoms with Gasteiger partial charge in [-0.15, -0.1) is 0 Å². The molecule has 0 amide bonds. The Bertz CT molecular complexity index is 784. The fraction of sp³-hybridized carbons (Fsp3) is 0.400. The molecule has 0 bridgehead atoms. The van der Waals surface area contributed by atoms with Crippen LogP contribution in [0.1, 0.15) is 50.4 Å². The van der Waals surface area contributed by atoms with Crippen molar-refractivity contribution in [3.05, 3.63) is 39.8 Å². The van der Waals surface area contributed by atoms with Crippen LogP contribution in [-0.4, -0.2) is 20.9 Å². The van der Waals surface area contributed by atoms with E-state index in [0.29, 0.717) is 11.1 Å². The highest BCUT2D eigenvalue weighted by atomic mass is 19.3. The molecule has 0 fully saturated rings. The Morgan fingerprint density at radius 2 is 1.86 bits per heavy atom. The van der Waals surface area contributed by atoms with E-state index in [4.69, 9.17) is 5.11 Å². The third kappa shape index (κ3) is 2.70. The number of halogens is 2. The zero-order chi connectivity index (χ0) is 16.6. The minimum Gasteiger partial charge on any atom is -0.480 e. The van der Waals surface area contributed by atoms with Gasteiger partial charge in [-0.3, -0.25) is 4.79 Å².